The summed E-state index contributed by atoms with van der Waals surface area (Å²) in [6.07, 6.45) is 2.21. The smallest absolute Gasteiger partial charge is 0.161 e. The zero-order chi connectivity index (χ0) is 9.52. The fraction of sp³-hybridized carbons (Fsp3) is 0.455. The number of hydrogen-bond donors (Lipinski definition) is 0. The molecule has 1 aromatic carbocycles. The van der Waals surface area contributed by atoms with Crippen LogP contribution in [-0.2, 0) is 0 Å². The molecule has 1 aromatic rings. The molecule has 2 heteroatoms. The first-order chi connectivity index (χ1) is 6.38. The summed E-state index contributed by atoms with van der Waals surface area (Å²) in [6, 6.07) is 8.42. The summed E-state index contributed by atoms with van der Waals surface area (Å²) in [5.74, 6) is 1.55. The Bertz CT molecular complexity index is 246. The van der Waals surface area contributed by atoms with Crippen LogP contribution in [0.3, 0.4) is 0 Å². The van der Waals surface area contributed by atoms with E-state index in [0.717, 1.165) is 30.9 Å². The summed E-state index contributed by atoms with van der Waals surface area (Å²) >= 11 is 0. The van der Waals surface area contributed by atoms with Crippen molar-refractivity contribution in [1.82, 2.24) is 0 Å². The summed E-state index contributed by atoms with van der Waals surface area (Å²) in [5, 5.41) is 0. The first-order valence-electron chi connectivity index (χ1n) is 4.55. The molecule has 0 aliphatic carbocycles. The Balaban J connectivity index is 2.54. The second-order valence-corrected chi connectivity index (χ2v) is 2.78. The highest BCUT2D eigenvalue weighted by Crippen LogP contribution is 2.25. The molecule has 0 unspecified atom stereocenters. The Morgan fingerprint density at radius 2 is 2.23 bits per heavy atom. The van der Waals surface area contributed by atoms with Crippen molar-refractivity contribution in [3.63, 3.8) is 0 Å². The fourth-order valence-electron chi connectivity index (χ4n) is 1.01. The zero-order valence-corrected chi connectivity index (χ0v) is 8.17. The molecule has 2 nitrogen and oxygen atoms in total. The van der Waals surface area contributed by atoms with Gasteiger partial charge in [-0.05, 0) is 24.6 Å². The van der Waals surface area contributed by atoms with E-state index in [0.29, 0.717) is 0 Å². The van der Waals surface area contributed by atoms with E-state index in [1.54, 1.807) is 13.2 Å². The lowest BCUT2D eigenvalue weighted by molar-refractivity contribution is 0.288. The number of methoxy groups -OCH3 is 1. The molecule has 0 saturated heterocycles. The van der Waals surface area contributed by atoms with Crippen LogP contribution in [-0.4, -0.2) is 13.7 Å². The first-order valence-corrected chi connectivity index (χ1v) is 4.55. The maximum Gasteiger partial charge on any atom is 0.161 e. The van der Waals surface area contributed by atoms with Gasteiger partial charge in [0.2, 0.25) is 0 Å². The Kier molecular flexibility index (Phi) is 4.16. The maximum absolute atomic E-state index is 5.51. The predicted octanol–water partition coefficient (Wildman–Crippen LogP) is 2.67. The van der Waals surface area contributed by atoms with Gasteiger partial charge in [0.15, 0.2) is 11.5 Å². The van der Waals surface area contributed by atoms with Crippen LogP contribution >= 0.6 is 0 Å². The highest BCUT2D eigenvalue weighted by molar-refractivity contribution is 5.38. The molecule has 0 heterocycles. The molecule has 0 aromatic heterocycles. The standard InChI is InChI=1S/C11H15O2/c1-3-4-9-13-11-8-6-5-7-10(11)12-2/h5,7-8H,3-4,9H2,1-2H3. The van der Waals surface area contributed by atoms with Gasteiger partial charge in [0.05, 0.1) is 13.7 Å². The topological polar surface area (TPSA) is 18.5 Å². The van der Waals surface area contributed by atoms with Crippen molar-refractivity contribution in [1.29, 1.82) is 0 Å². The number of benzene rings is 1. The molecule has 0 aliphatic rings. The van der Waals surface area contributed by atoms with Crippen molar-refractivity contribution < 1.29 is 9.47 Å². The molecule has 1 rings (SSSR count). The van der Waals surface area contributed by atoms with Crippen LogP contribution in [0.5, 0.6) is 11.5 Å². The van der Waals surface area contributed by atoms with Crippen molar-refractivity contribution in [2.75, 3.05) is 13.7 Å². The quantitative estimate of drug-likeness (QED) is 0.647. The molecule has 0 atom stereocenters. The molecule has 0 spiro atoms. The molecule has 0 bridgehead atoms. The Morgan fingerprint density at radius 3 is 2.92 bits per heavy atom. The van der Waals surface area contributed by atoms with Gasteiger partial charge in [0, 0.05) is 0 Å². The summed E-state index contributed by atoms with van der Waals surface area (Å²) in [6.45, 7) is 2.88. The van der Waals surface area contributed by atoms with E-state index in [9.17, 15) is 0 Å². The van der Waals surface area contributed by atoms with E-state index in [4.69, 9.17) is 9.47 Å². The third-order valence-electron chi connectivity index (χ3n) is 1.76. The Morgan fingerprint density at radius 1 is 1.38 bits per heavy atom. The van der Waals surface area contributed by atoms with Crippen LogP contribution in [0, 0.1) is 6.07 Å². The predicted molar refractivity (Wildman–Crippen MR) is 52.2 cm³/mol. The van der Waals surface area contributed by atoms with E-state index in [1.807, 2.05) is 12.1 Å². The van der Waals surface area contributed by atoms with Gasteiger partial charge in [0.1, 0.15) is 0 Å². The first kappa shape index (κ1) is 9.90. The molecular formula is C11H15O2. The van der Waals surface area contributed by atoms with Crippen molar-refractivity contribution >= 4 is 0 Å². The van der Waals surface area contributed by atoms with Gasteiger partial charge in [-0.3, -0.25) is 0 Å². The van der Waals surface area contributed by atoms with E-state index < -0.39 is 0 Å². The second kappa shape index (κ2) is 5.46. The van der Waals surface area contributed by atoms with Gasteiger partial charge in [-0.2, -0.15) is 0 Å². The van der Waals surface area contributed by atoms with Crippen molar-refractivity contribution in [2.24, 2.45) is 0 Å². The molecule has 1 radical (unpaired) electrons. The lowest BCUT2D eigenvalue weighted by atomic mass is 10.3. The third kappa shape index (κ3) is 2.98. The molecule has 0 fully saturated rings. The number of unbranched alkanes of at least 4 members (excludes halogenated alkanes) is 1. The van der Waals surface area contributed by atoms with Crippen molar-refractivity contribution in [3.05, 3.63) is 24.3 Å². The normalized spacial score (nSPS) is 9.69. The molecule has 0 amide bonds. The number of hydrogen-bond acceptors (Lipinski definition) is 2. The minimum atomic E-state index is 0.741. The summed E-state index contributed by atoms with van der Waals surface area (Å²) in [4.78, 5) is 0. The minimum absolute atomic E-state index is 0.741. The van der Waals surface area contributed by atoms with Gasteiger partial charge in [-0.1, -0.05) is 19.4 Å². The van der Waals surface area contributed by atoms with Gasteiger partial charge < -0.3 is 9.47 Å². The highest BCUT2D eigenvalue weighted by Gasteiger charge is 2.00. The third-order valence-corrected chi connectivity index (χ3v) is 1.76. The summed E-state index contributed by atoms with van der Waals surface area (Å²) < 4.78 is 10.6. The van der Waals surface area contributed by atoms with Crippen molar-refractivity contribution in [3.8, 4) is 11.5 Å². The van der Waals surface area contributed by atoms with Crippen LogP contribution in [0.2, 0.25) is 0 Å². The molecule has 71 valence electrons. The largest absolute Gasteiger partial charge is 0.493 e. The zero-order valence-electron chi connectivity index (χ0n) is 8.17. The van der Waals surface area contributed by atoms with E-state index in [1.165, 1.54) is 0 Å². The molecule has 0 aliphatic heterocycles. The summed E-state index contributed by atoms with van der Waals surface area (Å²) in [7, 11) is 1.64. The average molecular weight is 179 g/mol. The fourth-order valence-corrected chi connectivity index (χ4v) is 1.01. The number of rotatable bonds is 5. The van der Waals surface area contributed by atoms with Crippen LogP contribution in [0.1, 0.15) is 19.8 Å². The lowest BCUT2D eigenvalue weighted by Crippen LogP contribution is -1.98. The van der Waals surface area contributed by atoms with Crippen LogP contribution in [0.25, 0.3) is 0 Å². The van der Waals surface area contributed by atoms with Gasteiger partial charge in [-0.15, -0.1) is 0 Å². The van der Waals surface area contributed by atoms with Crippen LogP contribution in [0.15, 0.2) is 18.2 Å². The van der Waals surface area contributed by atoms with E-state index >= 15 is 0 Å². The lowest BCUT2D eigenvalue weighted by Gasteiger charge is -2.08. The SMILES string of the molecule is CCCCOc1c[c]ccc1OC. The highest BCUT2D eigenvalue weighted by atomic mass is 16.5. The Labute approximate surface area is 79.5 Å². The van der Waals surface area contributed by atoms with Crippen LogP contribution in [0.4, 0.5) is 0 Å². The molecule has 0 N–H and O–H groups in total. The Hall–Kier alpha value is -1.18. The van der Waals surface area contributed by atoms with Crippen LogP contribution < -0.4 is 9.47 Å². The van der Waals surface area contributed by atoms with Gasteiger partial charge >= 0.3 is 0 Å². The minimum Gasteiger partial charge on any atom is -0.493 e. The summed E-state index contributed by atoms with van der Waals surface area (Å²) in [5.41, 5.74) is 0. The average Bonchev–Trinajstić information content (AvgIpc) is 2.19. The maximum atomic E-state index is 5.51. The van der Waals surface area contributed by atoms with E-state index in [-0.39, 0.29) is 0 Å². The van der Waals surface area contributed by atoms with E-state index in [2.05, 4.69) is 13.0 Å². The van der Waals surface area contributed by atoms with Gasteiger partial charge in [0.25, 0.3) is 0 Å². The van der Waals surface area contributed by atoms with Crippen molar-refractivity contribution in [2.45, 2.75) is 19.8 Å². The molecule has 13 heavy (non-hydrogen) atoms. The number of ether oxygens (including phenoxy) is 2. The monoisotopic (exact) mass is 179 g/mol. The molecule has 0 saturated carbocycles. The second-order valence-electron chi connectivity index (χ2n) is 2.78. The van der Waals surface area contributed by atoms with Gasteiger partial charge in [-0.25, -0.2) is 0 Å². The molecular weight excluding hydrogens is 164 g/mol.